The molecule has 1 atom stereocenters. The van der Waals surface area contributed by atoms with Gasteiger partial charge in [0.1, 0.15) is 0 Å². The van der Waals surface area contributed by atoms with Gasteiger partial charge in [-0.3, -0.25) is 14.6 Å². The van der Waals surface area contributed by atoms with Crippen molar-refractivity contribution in [1.29, 1.82) is 0 Å². The van der Waals surface area contributed by atoms with Crippen LogP contribution in [-0.4, -0.2) is 65.9 Å². The van der Waals surface area contributed by atoms with Crippen molar-refractivity contribution in [3.8, 4) is 0 Å². The van der Waals surface area contributed by atoms with E-state index in [1.807, 2.05) is 4.90 Å². The van der Waals surface area contributed by atoms with Crippen LogP contribution in [0.2, 0.25) is 0 Å². The minimum atomic E-state index is 0.0363. The van der Waals surface area contributed by atoms with E-state index in [1.54, 1.807) is 0 Å². The van der Waals surface area contributed by atoms with Gasteiger partial charge in [-0.2, -0.15) is 0 Å². The second-order valence-electron chi connectivity index (χ2n) is 7.01. The molecule has 0 bridgehead atoms. The third-order valence-corrected chi connectivity index (χ3v) is 5.22. The molecule has 1 aromatic carbocycles. The van der Waals surface area contributed by atoms with Crippen molar-refractivity contribution in [3.63, 3.8) is 0 Å². The number of hydrogen-bond donors (Lipinski definition) is 0. The Bertz CT molecular complexity index is 531. The number of piperazine rings is 1. The second-order valence-corrected chi connectivity index (χ2v) is 7.01. The van der Waals surface area contributed by atoms with Crippen molar-refractivity contribution in [1.82, 2.24) is 14.7 Å². The van der Waals surface area contributed by atoms with Crippen LogP contribution in [0, 0.1) is 6.92 Å². The van der Waals surface area contributed by atoms with Crippen LogP contribution in [-0.2, 0) is 11.3 Å². The fourth-order valence-corrected chi connectivity index (χ4v) is 3.74. The van der Waals surface area contributed by atoms with Gasteiger partial charge in [0.05, 0.1) is 6.04 Å². The van der Waals surface area contributed by atoms with Gasteiger partial charge < -0.3 is 4.90 Å². The number of carbonyl (C=O) groups excluding carboxylic acids is 1. The van der Waals surface area contributed by atoms with Crippen molar-refractivity contribution in [2.45, 2.75) is 39.3 Å². The Labute approximate surface area is 140 Å². The highest BCUT2D eigenvalue weighted by molar-refractivity contribution is 5.81. The second kappa shape index (κ2) is 7.45. The first-order valence-electron chi connectivity index (χ1n) is 8.94. The molecule has 126 valence electrons. The smallest absolute Gasteiger partial charge is 0.239 e. The Balaban J connectivity index is 1.48. The zero-order valence-electron chi connectivity index (χ0n) is 14.5. The van der Waals surface area contributed by atoms with Gasteiger partial charge >= 0.3 is 0 Å². The van der Waals surface area contributed by atoms with Gasteiger partial charge in [0.2, 0.25) is 5.91 Å². The molecule has 2 aliphatic heterocycles. The number of amides is 1. The highest BCUT2D eigenvalue weighted by Gasteiger charge is 2.29. The van der Waals surface area contributed by atoms with Crippen LogP contribution in [0.4, 0.5) is 0 Å². The molecular formula is C19H29N3O. The molecule has 0 N–H and O–H groups in total. The number of likely N-dealkylation sites (tertiary alicyclic amines) is 1. The fraction of sp³-hybridized carbons (Fsp3) is 0.632. The molecule has 0 aromatic heterocycles. The lowest BCUT2D eigenvalue weighted by atomic mass is 10.1. The molecule has 4 heteroatoms. The van der Waals surface area contributed by atoms with Crippen LogP contribution in [0.5, 0.6) is 0 Å². The topological polar surface area (TPSA) is 26.8 Å². The maximum atomic E-state index is 12.5. The normalized spacial score (nSPS) is 21.6. The summed E-state index contributed by atoms with van der Waals surface area (Å²) in [5.74, 6) is 0.328. The lowest BCUT2D eigenvalue weighted by Crippen LogP contribution is -2.54. The van der Waals surface area contributed by atoms with Crippen LogP contribution >= 0.6 is 0 Å². The standard InChI is InChI=1S/C19H29N3O/c1-16-6-5-7-18(14-16)15-20-10-12-21(13-11-20)17(2)19(23)22-8-3-4-9-22/h5-7,14,17H,3-4,8-13,15H2,1-2H3. The van der Waals surface area contributed by atoms with Gasteiger partial charge in [-0.05, 0) is 32.3 Å². The van der Waals surface area contributed by atoms with E-state index in [0.29, 0.717) is 5.91 Å². The zero-order valence-corrected chi connectivity index (χ0v) is 14.5. The summed E-state index contributed by atoms with van der Waals surface area (Å²) in [4.78, 5) is 19.4. The number of carbonyl (C=O) groups is 1. The molecule has 2 fully saturated rings. The molecule has 3 rings (SSSR count). The molecule has 1 amide bonds. The summed E-state index contributed by atoms with van der Waals surface area (Å²) >= 11 is 0. The Morgan fingerprint density at radius 3 is 2.43 bits per heavy atom. The molecule has 23 heavy (non-hydrogen) atoms. The summed E-state index contributed by atoms with van der Waals surface area (Å²) < 4.78 is 0. The molecule has 0 spiro atoms. The minimum absolute atomic E-state index is 0.0363. The molecular weight excluding hydrogens is 286 g/mol. The van der Waals surface area contributed by atoms with E-state index in [1.165, 1.54) is 24.0 Å². The lowest BCUT2D eigenvalue weighted by molar-refractivity contribution is -0.136. The van der Waals surface area contributed by atoms with Crippen molar-refractivity contribution in [3.05, 3.63) is 35.4 Å². The van der Waals surface area contributed by atoms with E-state index in [0.717, 1.165) is 45.8 Å². The Hall–Kier alpha value is -1.39. The van der Waals surface area contributed by atoms with E-state index in [2.05, 4.69) is 47.9 Å². The average molecular weight is 315 g/mol. The minimum Gasteiger partial charge on any atom is -0.341 e. The van der Waals surface area contributed by atoms with E-state index in [4.69, 9.17) is 0 Å². The Morgan fingerprint density at radius 2 is 1.78 bits per heavy atom. The summed E-state index contributed by atoms with van der Waals surface area (Å²) in [7, 11) is 0. The average Bonchev–Trinajstić information content (AvgIpc) is 3.09. The molecule has 0 aliphatic carbocycles. The van der Waals surface area contributed by atoms with Gasteiger partial charge in [-0.15, -0.1) is 0 Å². The maximum absolute atomic E-state index is 12.5. The molecule has 2 aliphatic rings. The van der Waals surface area contributed by atoms with E-state index in [-0.39, 0.29) is 6.04 Å². The summed E-state index contributed by atoms with van der Waals surface area (Å²) in [6.07, 6.45) is 2.34. The summed E-state index contributed by atoms with van der Waals surface area (Å²) in [6, 6.07) is 8.80. The molecule has 2 heterocycles. The van der Waals surface area contributed by atoms with Gasteiger partial charge in [-0.25, -0.2) is 0 Å². The first-order chi connectivity index (χ1) is 11.1. The predicted octanol–water partition coefficient (Wildman–Crippen LogP) is 2.12. The van der Waals surface area contributed by atoms with Gasteiger partial charge in [0, 0.05) is 45.8 Å². The molecule has 0 radical (unpaired) electrons. The number of hydrogen-bond acceptors (Lipinski definition) is 3. The Morgan fingerprint density at radius 1 is 1.09 bits per heavy atom. The maximum Gasteiger partial charge on any atom is 0.239 e. The van der Waals surface area contributed by atoms with Crippen molar-refractivity contribution in [2.75, 3.05) is 39.3 Å². The van der Waals surface area contributed by atoms with E-state index in [9.17, 15) is 4.79 Å². The molecule has 1 aromatic rings. The highest BCUT2D eigenvalue weighted by atomic mass is 16.2. The van der Waals surface area contributed by atoms with Crippen LogP contribution in [0.15, 0.2) is 24.3 Å². The quantitative estimate of drug-likeness (QED) is 0.851. The van der Waals surface area contributed by atoms with Crippen molar-refractivity contribution in [2.24, 2.45) is 0 Å². The van der Waals surface area contributed by atoms with E-state index >= 15 is 0 Å². The van der Waals surface area contributed by atoms with Crippen LogP contribution in [0.1, 0.15) is 30.9 Å². The zero-order chi connectivity index (χ0) is 16.2. The van der Waals surface area contributed by atoms with Crippen molar-refractivity contribution < 1.29 is 4.79 Å². The SMILES string of the molecule is Cc1cccc(CN2CCN(C(C)C(=O)N3CCCC3)CC2)c1. The van der Waals surface area contributed by atoms with Gasteiger partial charge in [0.25, 0.3) is 0 Å². The lowest BCUT2D eigenvalue weighted by Gasteiger charge is -2.38. The van der Waals surface area contributed by atoms with Gasteiger partial charge in [0.15, 0.2) is 0 Å². The number of nitrogens with zero attached hydrogens (tertiary/aromatic N) is 3. The summed E-state index contributed by atoms with van der Waals surface area (Å²) in [5, 5.41) is 0. The van der Waals surface area contributed by atoms with Crippen LogP contribution in [0.3, 0.4) is 0 Å². The fourth-order valence-electron chi connectivity index (χ4n) is 3.74. The van der Waals surface area contributed by atoms with Crippen LogP contribution in [0.25, 0.3) is 0 Å². The monoisotopic (exact) mass is 315 g/mol. The molecule has 0 saturated carbocycles. The number of benzene rings is 1. The summed E-state index contributed by atoms with van der Waals surface area (Å²) in [6.45, 7) is 11.2. The van der Waals surface area contributed by atoms with Gasteiger partial charge in [-0.1, -0.05) is 29.8 Å². The highest BCUT2D eigenvalue weighted by Crippen LogP contribution is 2.15. The largest absolute Gasteiger partial charge is 0.341 e. The summed E-state index contributed by atoms with van der Waals surface area (Å²) in [5.41, 5.74) is 2.71. The molecule has 2 saturated heterocycles. The number of rotatable bonds is 4. The van der Waals surface area contributed by atoms with Crippen molar-refractivity contribution >= 4 is 5.91 Å². The first kappa shape index (κ1) is 16.5. The van der Waals surface area contributed by atoms with Crippen LogP contribution < -0.4 is 0 Å². The third kappa shape index (κ3) is 4.12. The predicted molar refractivity (Wildman–Crippen MR) is 93.3 cm³/mol. The molecule has 4 nitrogen and oxygen atoms in total. The third-order valence-electron chi connectivity index (χ3n) is 5.22. The Kier molecular flexibility index (Phi) is 5.34. The molecule has 1 unspecified atom stereocenters. The first-order valence-corrected chi connectivity index (χ1v) is 8.94. The van der Waals surface area contributed by atoms with E-state index < -0.39 is 0 Å². The number of aryl methyl sites for hydroxylation is 1.